The van der Waals surface area contributed by atoms with E-state index in [0.29, 0.717) is 11.8 Å². The molecule has 4 aliphatic rings. The van der Waals surface area contributed by atoms with E-state index in [-0.39, 0.29) is 6.10 Å². The summed E-state index contributed by atoms with van der Waals surface area (Å²) in [5, 5.41) is 9.95. The van der Waals surface area contributed by atoms with Crippen LogP contribution in [0.1, 0.15) is 26.7 Å². The summed E-state index contributed by atoms with van der Waals surface area (Å²) < 4.78 is 0. The lowest BCUT2D eigenvalue weighted by Gasteiger charge is -2.24. The summed E-state index contributed by atoms with van der Waals surface area (Å²) >= 11 is 0. The van der Waals surface area contributed by atoms with Crippen LogP contribution in [0, 0.1) is 35.5 Å². The minimum atomic E-state index is 0.0844. The predicted molar refractivity (Wildman–Crippen MR) is 47.5 cm³/mol. The third-order valence-corrected chi connectivity index (χ3v) is 4.79. The number of aliphatic hydroxyl groups is 1. The molecule has 0 spiro atoms. The second-order valence-corrected chi connectivity index (χ2v) is 5.45. The second kappa shape index (κ2) is 2.06. The minimum Gasteiger partial charge on any atom is -0.393 e. The van der Waals surface area contributed by atoms with Gasteiger partial charge in [-0.2, -0.15) is 0 Å². The number of aliphatic hydroxyl groups excluding tert-OH is 1. The van der Waals surface area contributed by atoms with Crippen molar-refractivity contribution in [3.63, 3.8) is 0 Å². The minimum absolute atomic E-state index is 0.0844. The molecular weight excluding hydrogens is 148 g/mol. The van der Waals surface area contributed by atoms with Crippen molar-refractivity contribution in [1.29, 1.82) is 0 Å². The Morgan fingerprint density at radius 2 is 1.83 bits per heavy atom. The van der Waals surface area contributed by atoms with Crippen molar-refractivity contribution < 1.29 is 5.11 Å². The van der Waals surface area contributed by atoms with Crippen LogP contribution in [0.15, 0.2) is 0 Å². The summed E-state index contributed by atoms with van der Waals surface area (Å²) in [6.07, 6.45) is 2.87. The molecule has 0 aromatic carbocycles. The highest BCUT2D eigenvalue weighted by atomic mass is 16.3. The summed E-state index contributed by atoms with van der Waals surface area (Å²) in [6.45, 7) is 4.65. The zero-order valence-corrected chi connectivity index (χ0v) is 7.90. The van der Waals surface area contributed by atoms with Gasteiger partial charge in [0.1, 0.15) is 0 Å². The third kappa shape index (κ3) is 0.618. The molecule has 0 unspecified atom stereocenters. The smallest absolute Gasteiger partial charge is 0.0604 e. The molecular formula is C11H18O. The first-order valence-electron chi connectivity index (χ1n) is 5.38. The van der Waals surface area contributed by atoms with Crippen molar-refractivity contribution in [3.05, 3.63) is 0 Å². The normalized spacial score (nSPS) is 61.0. The third-order valence-electron chi connectivity index (χ3n) is 4.79. The fraction of sp³-hybridized carbons (Fsp3) is 1.00. The van der Waals surface area contributed by atoms with Gasteiger partial charge in [0.15, 0.2) is 0 Å². The molecule has 0 saturated heterocycles. The predicted octanol–water partition coefficient (Wildman–Crippen LogP) is 1.91. The lowest BCUT2D eigenvalue weighted by molar-refractivity contribution is 0.0944. The van der Waals surface area contributed by atoms with E-state index >= 15 is 0 Å². The molecule has 4 aliphatic carbocycles. The van der Waals surface area contributed by atoms with E-state index in [1.165, 1.54) is 12.8 Å². The lowest BCUT2D eigenvalue weighted by atomic mass is 9.81. The monoisotopic (exact) mass is 166 g/mol. The van der Waals surface area contributed by atoms with E-state index in [1.807, 2.05) is 0 Å². The molecule has 12 heavy (non-hydrogen) atoms. The molecule has 4 bridgehead atoms. The van der Waals surface area contributed by atoms with Crippen LogP contribution >= 0.6 is 0 Å². The van der Waals surface area contributed by atoms with Crippen LogP contribution in [-0.4, -0.2) is 11.2 Å². The Labute approximate surface area is 74.2 Å². The van der Waals surface area contributed by atoms with Gasteiger partial charge in [0.05, 0.1) is 6.10 Å². The quantitative estimate of drug-likeness (QED) is 0.631. The van der Waals surface area contributed by atoms with E-state index in [9.17, 15) is 5.11 Å². The molecule has 0 radical (unpaired) electrons. The van der Waals surface area contributed by atoms with Crippen LogP contribution in [0.3, 0.4) is 0 Å². The molecule has 0 aromatic rings. The topological polar surface area (TPSA) is 20.2 Å². The fourth-order valence-corrected chi connectivity index (χ4v) is 4.63. The molecule has 6 atom stereocenters. The van der Waals surface area contributed by atoms with Crippen LogP contribution in [0.4, 0.5) is 0 Å². The first kappa shape index (κ1) is 7.37. The van der Waals surface area contributed by atoms with E-state index < -0.39 is 0 Å². The van der Waals surface area contributed by atoms with Crippen molar-refractivity contribution in [1.82, 2.24) is 0 Å². The molecule has 0 aliphatic heterocycles. The van der Waals surface area contributed by atoms with Gasteiger partial charge in [0.2, 0.25) is 0 Å². The largest absolute Gasteiger partial charge is 0.393 e. The highest BCUT2D eigenvalue weighted by molar-refractivity contribution is 5.13. The van der Waals surface area contributed by atoms with Crippen LogP contribution in [0.5, 0.6) is 0 Å². The first-order valence-corrected chi connectivity index (χ1v) is 5.38. The standard InChI is InChI=1S/C11H18O/c1-5(2)9-7-3-6-4-8(7)11(12)10(6)9/h5-12H,3-4H2,1-2H3/t6-,7+,8-,9+,10+,11+/m1/s1. The molecule has 1 heteroatoms. The summed E-state index contributed by atoms with van der Waals surface area (Å²) in [7, 11) is 0. The summed E-state index contributed by atoms with van der Waals surface area (Å²) in [5.41, 5.74) is 0. The highest BCUT2D eigenvalue weighted by Crippen LogP contribution is 2.67. The molecule has 4 fully saturated rings. The molecule has 68 valence electrons. The van der Waals surface area contributed by atoms with Crippen molar-refractivity contribution in [2.45, 2.75) is 32.8 Å². The zero-order chi connectivity index (χ0) is 8.46. The summed E-state index contributed by atoms with van der Waals surface area (Å²) in [6, 6.07) is 0. The maximum absolute atomic E-state index is 9.95. The van der Waals surface area contributed by atoms with E-state index in [1.54, 1.807) is 0 Å². The van der Waals surface area contributed by atoms with Crippen LogP contribution in [0.2, 0.25) is 0 Å². The Balaban J connectivity index is 1.95. The molecule has 1 N–H and O–H groups in total. The molecule has 4 rings (SSSR count). The van der Waals surface area contributed by atoms with E-state index in [4.69, 9.17) is 0 Å². The Kier molecular flexibility index (Phi) is 1.27. The Hall–Kier alpha value is -0.0400. The Bertz CT molecular complexity index is 209. The number of hydrogen-bond acceptors (Lipinski definition) is 1. The lowest BCUT2D eigenvalue weighted by Crippen LogP contribution is -2.21. The van der Waals surface area contributed by atoms with Crippen molar-refractivity contribution >= 4 is 0 Å². The Morgan fingerprint density at radius 3 is 2.17 bits per heavy atom. The van der Waals surface area contributed by atoms with E-state index in [2.05, 4.69) is 13.8 Å². The molecule has 0 amide bonds. The molecule has 1 nitrogen and oxygen atoms in total. The van der Waals surface area contributed by atoms with Gasteiger partial charge in [-0.05, 0) is 48.3 Å². The maximum atomic E-state index is 9.95. The van der Waals surface area contributed by atoms with Crippen molar-refractivity contribution in [3.8, 4) is 0 Å². The van der Waals surface area contributed by atoms with Gasteiger partial charge in [-0.25, -0.2) is 0 Å². The number of rotatable bonds is 1. The maximum Gasteiger partial charge on any atom is 0.0604 e. The molecule has 0 aromatic heterocycles. The average Bonchev–Trinajstić information content (AvgIpc) is 2.64. The van der Waals surface area contributed by atoms with Gasteiger partial charge in [0, 0.05) is 0 Å². The summed E-state index contributed by atoms with van der Waals surface area (Å²) in [5.74, 6) is 4.86. The summed E-state index contributed by atoms with van der Waals surface area (Å²) in [4.78, 5) is 0. The van der Waals surface area contributed by atoms with Gasteiger partial charge >= 0.3 is 0 Å². The van der Waals surface area contributed by atoms with Gasteiger partial charge < -0.3 is 5.11 Å². The zero-order valence-electron chi connectivity index (χ0n) is 7.90. The first-order chi connectivity index (χ1) is 5.70. The molecule has 4 saturated carbocycles. The van der Waals surface area contributed by atoms with Gasteiger partial charge in [0.25, 0.3) is 0 Å². The van der Waals surface area contributed by atoms with Gasteiger partial charge in [-0.15, -0.1) is 0 Å². The van der Waals surface area contributed by atoms with Gasteiger partial charge in [-0.1, -0.05) is 13.8 Å². The van der Waals surface area contributed by atoms with Gasteiger partial charge in [-0.3, -0.25) is 0 Å². The van der Waals surface area contributed by atoms with Crippen LogP contribution in [0.25, 0.3) is 0 Å². The van der Waals surface area contributed by atoms with Crippen molar-refractivity contribution in [2.24, 2.45) is 35.5 Å². The van der Waals surface area contributed by atoms with Crippen molar-refractivity contribution in [2.75, 3.05) is 0 Å². The SMILES string of the molecule is CC(C)[C@H]1[C@H]2C[C@@H]3C[C@H]2[C@H](O)[C@@H]31. The molecule has 0 heterocycles. The van der Waals surface area contributed by atoms with E-state index in [0.717, 1.165) is 23.7 Å². The van der Waals surface area contributed by atoms with Crippen LogP contribution < -0.4 is 0 Å². The average molecular weight is 166 g/mol. The highest BCUT2D eigenvalue weighted by Gasteiger charge is 2.64. The Morgan fingerprint density at radius 1 is 1.17 bits per heavy atom. The van der Waals surface area contributed by atoms with Crippen LogP contribution in [-0.2, 0) is 0 Å². The number of hydrogen-bond donors (Lipinski definition) is 1. The second-order valence-electron chi connectivity index (χ2n) is 5.45. The fourth-order valence-electron chi connectivity index (χ4n) is 4.63.